The molecule has 0 atom stereocenters. The van der Waals surface area contributed by atoms with Gasteiger partial charge in [0.05, 0.1) is 0 Å². The Bertz CT molecular complexity index is 868. The molecule has 0 unspecified atom stereocenters. The van der Waals surface area contributed by atoms with E-state index in [9.17, 15) is 14.0 Å². The molecule has 0 saturated carbocycles. The van der Waals surface area contributed by atoms with Crippen molar-refractivity contribution in [1.82, 2.24) is 14.7 Å². The zero-order valence-corrected chi connectivity index (χ0v) is 16.3. The van der Waals surface area contributed by atoms with Crippen LogP contribution in [0.15, 0.2) is 54.6 Å². The molecule has 0 aromatic heterocycles. The van der Waals surface area contributed by atoms with E-state index in [1.54, 1.807) is 17.0 Å². The van der Waals surface area contributed by atoms with Gasteiger partial charge in [0.25, 0.3) is 0 Å². The number of hydrogen-bond donors (Lipinski definition) is 1. The quantitative estimate of drug-likeness (QED) is 0.856. The smallest absolute Gasteiger partial charge is 0.321 e. The van der Waals surface area contributed by atoms with Crippen molar-refractivity contribution in [3.05, 3.63) is 66.0 Å². The first-order chi connectivity index (χ1) is 14.1. The molecule has 4 amide bonds. The zero-order valence-electron chi connectivity index (χ0n) is 16.3. The molecule has 2 aliphatic rings. The third-order valence-electron chi connectivity index (χ3n) is 5.61. The van der Waals surface area contributed by atoms with Gasteiger partial charge in [0.2, 0.25) is 0 Å². The lowest BCUT2D eigenvalue weighted by Crippen LogP contribution is -2.49. The number of carbonyl (C=O) groups excluding carboxylic acids is 2. The number of rotatable bonds is 4. The van der Waals surface area contributed by atoms with Crippen LogP contribution in [-0.4, -0.2) is 59.0 Å². The van der Waals surface area contributed by atoms with Gasteiger partial charge in [0.15, 0.2) is 0 Å². The number of urea groups is 2. The number of nitrogens with zero attached hydrogens (tertiary/aromatic N) is 3. The van der Waals surface area contributed by atoms with Crippen LogP contribution in [-0.2, 0) is 6.54 Å². The Morgan fingerprint density at radius 1 is 1.00 bits per heavy atom. The lowest BCUT2D eigenvalue weighted by atomic mass is 10.0. The summed E-state index contributed by atoms with van der Waals surface area (Å²) in [5, 5.41) is 2.74. The summed E-state index contributed by atoms with van der Waals surface area (Å²) in [7, 11) is 0. The number of nitrogens with one attached hydrogen (secondary N) is 1. The predicted molar refractivity (Wildman–Crippen MR) is 109 cm³/mol. The Morgan fingerprint density at radius 2 is 1.76 bits per heavy atom. The highest BCUT2D eigenvalue weighted by Gasteiger charge is 2.35. The van der Waals surface area contributed by atoms with Gasteiger partial charge < -0.3 is 20.0 Å². The Balaban J connectivity index is 1.28. The van der Waals surface area contributed by atoms with Gasteiger partial charge in [0.1, 0.15) is 5.82 Å². The van der Waals surface area contributed by atoms with E-state index in [1.165, 1.54) is 12.1 Å². The van der Waals surface area contributed by atoms with Crippen LogP contribution in [0.3, 0.4) is 0 Å². The van der Waals surface area contributed by atoms with Gasteiger partial charge in [-0.3, -0.25) is 0 Å². The number of hydrogen-bond acceptors (Lipinski definition) is 2. The van der Waals surface area contributed by atoms with Gasteiger partial charge >= 0.3 is 12.1 Å². The first-order valence-electron chi connectivity index (χ1n) is 10.0. The maximum atomic E-state index is 13.3. The van der Waals surface area contributed by atoms with Gasteiger partial charge in [-0.15, -0.1) is 0 Å². The average Bonchev–Trinajstić information content (AvgIpc) is 3.09. The molecule has 2 aromatic carbocycles. The average molecular weight is 396 g/mol. The van der Waals surface area contributed by atoms with Crippen molar-refractivity contribution < 1.29 is 14.0 Å². The normalized spacial score (nSPS) is 17.7. The van der Waals surface area contributed by atoms with Crippen LogP contribution in [0.1, 0.15) is 18.4 Å². The Hall–Kier alpha value is -3.09. The highest BCUT2D eigenvalue weighted by molar-refractivity contribution is 5.89. The summed E-state index contributed by atoms with van der Waals surface area (Å²) >= 11 is 0. The lowest BCUT2D eigenvalue weighted by Gasteiger charge is -2.36. The standard InChI is InChI=1S/C22H25FN4O2/c23-18-7-4-8-19(15-18)24-21(28)25-11-9-20(10-12-25)27-14-13-26(22(27)29)16-17-5-2-1-3-6-17/h1-8,15,20H,9-14,16H2,(H,24,28). The molecular weight excluding hydrogens is 371 g/mol. The second kappa shape index (κ2) is 8.51. The molecule has 2 aromatic rings. The molecule has 2 fully saturated rings. The van der Waals surface area contributed by atoms with Gasteiger partial charge in [-0.1, -0.05) is 36.4 Å². The number of amides is 4. The Kier molecular flexibility index (Phi) is 5.64. The van der Waals surface area contributed by atoms with Crippen molar-refractivity contribution in [3.63, 3.8) is 0 Å². The van der Waals surface area contributed by atoms with E-state index in [1.807, 2.05) is 40.1 Å². The first kappa shape index (κ1) is 19.2. The lowest BCUT2D eigenvalue weighted by molar-refractivity contribution is 0.139. The summed E-state index contributed by atoms with van der Waals surface area (Å²) in [5.74, 6) is -0.380. The molecule has 6 nitrogen and oxygen atoms in total. The summed E-state index contributed by atoms with van der Waals surface area (Å²) in [6.45, 7) is 3.24. The fourth-order valence-corrected chi connectivity index (χ4v) is 4.04. The second-order valence-corrected chi connectivity index (χ2v) is 7.54. The highest BCUT2D eigenvalue weighted by Crippen LogP contribution is 2.23. The molecule has 0 aliphatic carbocycles. The van der Waals surface area contributed by atoms with E-state index in [0.717, 1.165) is 31.5 Å². The topological polar surface area (TPSA) is 55.9 Å². The first-order valence-corrected chi connectivity index (χ1v) is 10.0. The van der Waals surface area contributed by atoms with E-state index in [0.29, 0.717) is 25.3 Å². The Morgan fingerprint density at radius 3 is 2.48 bits per heavy atom. The molecule has 4 rings (SSSR count). The van der Waals surface area contributed by atoms with Crippen molar-refractivity contribution >= 4 is 17.7 Å². The van der Waals surface area contributed by atoms with Crippen molar-refractivity contribution in [2.24, 2.45) is 0 Å². The molecule has 152 valence electrons. The van der Waals surface area contributed by atoms with E-state index < -0.39 is 0 Å². The predicted octanol–water partition coefficient (Wildman–Crippen LogP) is 3.76. The summed E-state index contributed by atoms with van der Waals surface area (Å²) in [4.78, 5) is 30.8. The number of piperidine rings is 1. The third-order valence-corrected chi connectivity index (χ3v) is 5.61. The zero-order chi connectivity index (χ0) is 20.2. The molecule has 2 aliphatic heterocycles. The fraction of sp³-hybridized carbons (Fsp3) is 0.364. The second-order valence-electron chi connectivity index (χ2n) is 7.54. The molecule has 0 bridgehead atoms. The number of benzene rings is 2. The number of anilines is 1. The molecule has 2 heterocycles. The molecule has 29 heavy (non-hydrogen) atoms. The van der Waals surface area contributed by atoms with Gasteiger partial charge in [-0.25, -0.2) is 14.0 Å². The van der Waals surface area contributed by atoms with Gasteiger partial charge in [0, 0.05) is 44.5 Å². The van der Waals surface area contributed by atoms with Gasteiger partial charge in [-0.05, 0) is 36.6 Å². The summed E-state index contributed by atoms with van der Waals surface area (Å²) in [6, 6.07) is 15.9. The molecule has 0 spiro atoms. The third kappa shape index (κ3) is 4.50. The van der Waals surface area contributed by atoms with Crippen LogP contribution >= 0.6 is 0 Å². The summed E-state index contributed by atoms with van der Waals surface area (Å²) < 4.78 is 13.3. The molecule has 1 N–H and O–H groups in total. The minimum Gasteiger partial charge on any atom is -0.324 e. The van der Waals surface area contributed by atoms with Crippen molar-refractivity contribution in [1.29, 1.82) is 0 Å². The van der Waals surface area contributed by atoms with Crippen LogP contribution in [0.25, 0.3) is 0 Å². The van der Waals surface area contributed by atoms with E-state index in [2.05, 4.69) is 5.32 Å². The Labute approximate surface area is 169 Å². The SMILES string of the molecule is O=C(Nc1cccc(F)c1)N1CCC(N2CCN(Cc3ccccc3)C2=O)CC1. The minimum absolute atomic E-state index is 0.0801. The molecule has 2 saturated heterocycles. The van der Waals surface area contributed by atoms with E-state index in [4.69, 9.17) is 0 Å². The number of carbonyl (C=O) groups is 2. The monoisotopic (exact) mass is 396 g/mol. The minimum atomic E-state index is -0.380. The van der Waals surface area contributed by atoms with Crippen molar-refractivity contribution in [3.8, 4) is 0 Å². The maximum absolute atomic E-state index is 13.3. The largest absolute Gasteiger partial charge is 0.324 e. The van der Waals surface area contributed by atoms with Crippen molar-refractivity contribution in [2.45, 2.75) is 25.4 Å². The van der Waals surface area contributed by atoms with Crippen LogP contribution in [0, 0.1) is 5.82 Å². The highest BCUT2D eigenvalue weighted by atomic mass is 19.1. The van der Waals surface area contributed by atoms with E-state index >= 15 is 0 Å². The van der Waals surface area contributed by atoms with Crippen LogP contribution in [0.5, 0.6) is 0 Å². The maximum Gasteiger partial charge on any atom is 0.321 e. The van der Waals surface area contributed by atoms with Crippen molar-refractivity contribution in [2.75, 3.05) is 31.5 Å². The fourth-order valence-electron chi connectivity index (χ4n) is 4.04. The van der Waals surface area contributed by atoms with Crippen LogP contribution in [0.4, 0.5) is 19.7 Å². The summed E-state index contributed by atoms with van der Waals surface area (Å²) in [6.07, 6.45) is 1.50. The molecular formula is C22H25FN4O2. The van der Waals surface area contributed by atoms with Crippen LogP contribution < -0.4 is 5.32 Å². The van der Waals surface area contributed by atoms with E-state index in [-0.39, 0.29) is 23.9 Å². The number of halogens is 1. The summed E-state index contributed by atoms with van der Waals surface area (Å²) in [5.41, 5.74) is 1.58. The number of likely N-dealkylation sites (tertiary alicyclic amines) is 1. The van der Waals surface area contributed by atoms with Crippen LogP contribution in [0.2, 0.25) is 0 Å². The van der Waals surface area contributed by atoms with Gasteiger partial charge in [-0.2, -0.15) is 0 Å². The molecule has 0 radical (unpaired) electrons. The molecule has 7 heteroatoms.